The quantitative estimate of drug-likeness (QED) is 0.407. The molecule has 1 atom stereocenters. The number of alkyl halides is 3. The van der Waals surface area contributed by atoms with E-state index in [4.69, 9.17) is 10.7 Å². The van der Waals surface area contributed by atoms with Crippen LogP contribution in [0.4, 0.5) is 24.8 Å². The zero-order valence-corrected chi connectivity index (χ0v) is 18.4. The van der Waals surface area contributed by atoms with Gasteiger partial charge in [0.1, 0.15) is 29.2 Å². The Morgan fingerprint density at radius 1 is 1.17 bits per heavy atom. The fourth-order valence-corrected chi connectivity index (χ4v) is 4.16. The van der Waals surface area contributed by atoms with Gasteiger partial charge in [-0.15, -0.1) is 0 Å². The molecule has 4 N–H and O–H groups in total. The number of piperidine rings is 1. The van der Waals surface area contributed by atoms with Gasteiger partial charge >= 0.3 is 6.18 Å². The second kappa shape index (κ2) is 8.95. The third-order valence-corrected chi connectivity index (χ3v) is 5.90. The first kappa shape index (κ1) is 22.7. The van der Waals surface area contributed by atoms with Crippen LogP contribution in [-0.2, 0) is 6.18 Å². The maximum atomic E-state index is 12.9. The number of imidazole rings is 1. The lowest BCUT2D eigenvalue weighted by Gasteiger charge is -2.21. The lowest BCUT2D eigenvalue weighted by Crippen LogP contribution is -2.29. The molecule has 5 rings (SSSR count). The first-order valence-corrected chi connectivity index (χ1v) is 11.0. The van der Waals surface area contributed by atoms with Crippen molar-refractivity contribution in [2.75, 3.05) is 24.1 Å². The first-order chi connectivity index (χ1) is 16.8. The average Bonchev–Trinajstić information content (AvgIpc) is 3.25. The van der Waals surface area contributed by atoms with Gasteiger partial charge in [-0.25, -0.2) is 19.5 Å². The number of nitrogens with zero attached hydrogens (tertiary/aromatic N) is 5. The van der Waals surface area contributed by atoms with Crippen molar-refractivity contribution in [2.24, 2.45) is 0 Å². The molecule has 4 heterocycles. The predicted octanol–water partition coefficient (Wildman–Crippen LogP) is 3.51. The van der Waals surface area contributed by atoms with Crippen molar-refractivity contribution in [3.63, 3.8) is 0 Å². The standard InChI is InChI=1S/C23H21F3N8O/c24-23(25,26)16-7-9-29-17(10-16)32-22(35)14-5-3-13(4-6-14)18-19-20(27)30-12-31-34(19)21(33-18)15-2-1-8-28-11-15/h3-7,9-10,12,15,28H,1-2,8,11H2,(H2,27,30,31)(H,29,32,35)/t15-/m1/s1. The molecule has 9 nitrogen and oxygen atoms in total. The van der Waals surface area contributed by atoms with Crippen LogP contribution in [0, 0.1) is 0 Å². The van der Waals surface area contributed by atoms with E-state index in [1.54, 1.807) is 28.8 Å². The minimum absolute atomic E-state index is 0.171. The molecule has 4 aromatic rings. The number of nitrogen functional groups attached to an aromatic ring is 1. The van der Waals surface area contributed by atoms with Gasteiger partial charge in [-0.3, -0.25) is 4.79 Å². The zero-order chi connectivity index (χ0) is 24.6. The summed E-state index contributed by atoms with van der Waals surface area (Å²) < 4.78 is 40.5. The molecule has 0 bridgehead atoms. The molecule has 0 radical (unpaired) electrons. The summed E-state index contributed by atoms with van der Waals surface area (Å²) in [5.74, 6) is 0.465. The predicted molar refractivity (Wildman–Crippen MR) is 123 cm³/mol. The van der Waals surface area contributed by atoms with E-state index in [1.165, 1.54) is 6.33 Å². The summed E-state index contributed by atoms with van der Waals surface area (Å²) in [6, 6.07) is 8.15. The number of amides is 1. The number of aromatic nitrogens is 5. The number of fused-ring (bicyclic) bond motifs is 1. The summed E-state index contributed by atoms with van der Waals surface area (Å²) >= 11 is 0. The van der Waals surface area contributed by atoms with E-state index in [2.05, 4.69) is 25.7 Å². The minimum Gasteiger partial charge on any atom is -0.382 e. The van der Waals surface area contributed by atoms with Crippen molar-refractivity contribution in [1.29, 1.82) is 0 Å². The Hall–Kier alpha value is -4.06. The molecule has 12 heteroatoms. The zero-order valence-electron chi connectivity index (χ0n) is 18.4. The Labute approximate surface area is 197 Å². The monoisotopic (exact) mass is 482 g/mol. The van der Waals surface area contributed by atoms with E-state index in [1.807, 2.05) is 0 Å². The van der Waals surface area contributed by atoms with Crippen molar-refractivity contribution >= 4 is 23.1 Å². The molecule has 0 aliphatic carbocycles. The number of carbonyl (C=O) groups is 1. The largest absolute Gasteiger partial charge is 0.416 e. The van der Waals surface area contributed by atoms with Crippen LogP contribution in [0.15, 0.2) is 48.9 Å². The fourth-order valence-electron chi connectivity index (χ4n) is 4.16. The van der Waals surface area contributed by atoms with Crippen LogP contribution >= 0.6 is 0 Å². The number of rotatable bonds is 4. The number of anilines is 2. The molecule has 1 aliphatic rings. The van der Waals surface area contributed by atoms with E-state index >= 15 is 0 Å². The third-order valence-electron chi connectivity index (χ3n) is 5.90. The van der Waals surface area contributed by atoms with Gasteiger partial charge in [0.15, 0.2) is 5.82 Å². The Kier molecular flexibility index (Phi) is 5.81. The number of carbonyl (C=O) groups excluding carboxylic acids is 1. The molecule has 180 valence electrons. The van der Waals surface area contributed by atoms with Gasteiger partial charge < -0.3 is 16.4 Å². The SMILES string of the molecule is Nc1ncnn2c([C@@H]3CCCNC3)nc(-c3ccc(C(=O)Nc4cc(C(F)(F)F)ccn4)cc3)c12. The molecule has 1 amide bonds. The van der Waals surface area contributed by atoms with Crippen molar-refractivity contribution < 1.29 is 18.0 Å². The van der Waals surface area contributed by atoms with Crippen molar-refractivity contribution in [2.45, 2.75) is 24.9 Å². The molecule has 35 heavy (non-hydrogen) atoms. The van der Waals surface area contributed by atoms with Gasteiger partial charge in [0.25, 0.3) is 5.91 Å². The van der Waals surface area contributed by atoms with E-state index < -0.39 is 17.6 Å². The average molecular weight is 482 g/mol. The molecule has 0 saturated carbocycles. The van der Waals surface area contributed by atoms with E-state index in [0.717, 1.165) is 50.1 Å². The number of nitrogens with one attached hydrogen (secondary N) is 2. The van der Waals surface area contributed by atoms with E-state index in [9.17, 15) is 18.0 Å². The molecule has 1 saturated heterocycles. The van der Waals surface area contributed by atoms with Crippen molar-refractivity contribution in [1.82, 2.24) is 29.9 Å². The van der Waals surface area contributed by atoms with Gasteiger partial charge in [0.05, 0.1) is 5.56 Å². The molecule has 1 aliphatic heterocycles. The second-order valence-electron chi connectivity index (χ2n) is 8.23. The van der Waals surface area contributed by atoms with Gasteiger partial charge in [0.2, 0.25) is 0 Å². The molecular weight excluding hydrogens is 461 g/mol. The van der Waals surface area contributed by atoms with Crippen LogP contribution < -0.4 is 16.4 Å². The smallest absolute Gasteiger partial charge is 0.382 e. The van der Waals surface area contributed by atoms with Crippen LogP contribution in [0.3, 0.4) is 0 Å². The number of halogens is 3. The van der Waals surface area contributed by atoms with Gasteiger partial charge in [-0.1, -0.05) is 12.1 Å². The lowest BCUT2D eigenvalue weighted by molar-refractivity contribution is -0.137. The molecule has 3 aromatic heterocycles. The van der Waals surface area contributed by atoms with E-state index in [-0.39, 0.29) is 23.1 Å². The number of hydrogen-bond acceptors (Lipinski definition) is 7. The highest BCUT2D eigenvalue weighted by Gasteiger charge is 2.31. The molecule has 1 fully saturated rings. The van der Waals surface area contributed by atoms with Gasteiger partial charge in [-0.2, -0.15) is 18.3 Å². The minimum atomic E-state index is -4.53. The molecule has 0 unspecified atom stereocenters. The van der Waals surface area contributed by atoms with Crippen LogP contribution in [0.2, 0.25) is 0 Å². The second-order valence-corrected chi connectivity index (χ2v) is 8.23. The Balaban J connectivity index is 1.43. The highest BCUT2D eigenvalue weighted by molar-refractivity contribution is 6.04. The Morgan fingerprint density at radius 2 is 1.97 bits per heavy atom. The molecule has 0 spiro atoms. The summed E-state index contributed by atoms with van der Waals surface area (Å²) in [5, 5.41) is 10.1. The number of pyridine rings is 1. The third kappa shape index (κ3) is 4.52. The van der Waals surface area contributed by atoms with Gasteiger partial charge in [0, 0.05) is 29.8 Å². The Morgan fingerprint density at radius 3 is 2.69 bits per heavy atom. The van der Waals surface area contributed by atoms with Crippen LogP contribution in [0.25, 0.3) is 16.8 Å². The number of nitrogens with two attached hydrogens (primary N) is 1. The van der Waals surface area contributed by atoms with Crippen LogP contribution in [-0.4, -0.2) is 43.6 Å². The van der Waals surface area contributed by atoms with Crippen molar-refractivity contribution in [3.05, 3.63) is 65.9 Å². The fraction of sp³-hybridized carbons (Fsp3) is 0.261. The molecule has 1 aromatic carbocycles. The highest BCUT2D eigenvalue weighted by atomic mass is 19.4. The summed E-state index contributed by atoms with van der Waals surface area (Å²) in [5.41, 5.74) is 7.39. The summed E-state index contributed by atoms with van der Waals surface area (Å²) in [6.45, 7) is 1.74. The van der Waals surface area contributed by atoms with Crippen LogP contribution in [0.5, 0.6) is 0 Å². The topological polar surface area (TPSA) is 123 Å². The number of hydrogen-bond donors (Lipinski definition) is 3. The Bertz CT molecular complexity index is 1380. The van der Waals surface area contributed by atoms with Gasteiger partial charge in [-0.05, 0) is 43.7 Å². The summed E-state index contributed by atoms with van der Waals surface area (Å²) in [4.78, 5) is 25.3. The molecular formula is C23H21F3N8O. The number of benzene rings is 1. The van der Waals surface area contributed by atoms with Crippen LogP contribution in [0.1, 0.15) is 40.5 Å². The lowest BCUT2D eigenvalue weighted by atomic mass is 9.99. The van der Waals surface area contributed by atoms with Crippen molar-refractivity contribution in [3.8, 4) is 11.3 Å². The normalized spacial score (nSPS) is 16.4. The highest BCUT2D eigenvalue weighted by Crippen LogP contribution is 2.32. The summed E-state index contributed by atoms with van der Waals surface area (Å²) in [7, 11) is 0. The maximum absolute atomic E-state index is 12.9. The summed E-state index contributed by atoms with van der Waals surface area (Å²) in [6.07, 6.45) is -0.145. The van der Waals surface area contributed by atoms with E-state index in [0.29, 0.717) is 16.8 Å². The maximum Gasteiger partial charge on any atom is 0.416 e. The first-order valence-electron chi connectivity index (χ1n) is 11.0.